The quantitative estimate of drug-likeness (QED) is 0.397. The van der Waals surface area contributed by atoms with Crippen molar-refractivity contribution >= 4 is 29.3 Å². The molecular weight excluding hydrogens is 421 g/mol. The molecule has 2 amide bonds. The molecule has 0 aliphatic rings. The van der Waals surface area contributed by atoms with E-state index in [9.17, 15) is 19.2 Å². The molecule has 166 valence electrons. The molecule has 0 fully saturated rings. The molecule has 0 aliphatic carbocycles. The van der Waals surface area contributed by atoms with Crippen LogP contribution < -0.4 is 15.4 Å². The number of hydrogen-bond donors (Lipinski definition) is 2. The molecule has 0 saturated heterocycles. The van der Waals surface area contributed by atoms with Gasteiger partial charge in [0.2, 0.25) is 0 Å². The van der Waals surface area contributed by atoms with Crippen molar-refractivity contribution in [2.45, 2.75) is 13.8 Å². The summed E-state index contributed by atoms with van der Waals surface area (Å²) in [6.07, 6.45) is 1.40. The van der Waals surface area contributed by atoms with Crippen LogP contribution in [0.1, 0.15) is 16.7 Å². The Hall–Kier alpha value is -4.44. The third-order valence-electron chi connectivity index (χ3n) is 4.67. The van der Waals surface area contributed by atoms with Crippen molar-refractivity contribution in [2.24, 2.45) is 0 Å². The second-order valence-corrected chi connectivity index (χ2v) is 7.36. The van der Waals surface area contributed by atoms with Gasteiger partial charge in [0.15, 0.2) is 6.61 Å². The Kier molecular flexibility index (Phi) is 7.55. The normalized spacial score (nSPS) is 10.8. The molecule has 3 aromatic carbocycles. The number of hydrogen-bond acceptors (Lipinski definition) is 4. The van der Waals surface area contributed by atoms with Gasteiger partial charge >= 0.3 is 0 Å². The Morgan fingerprint density at radius 2 is 1.79 bits per heavy atom. The van der Waals surface area contributed by atoms with Gasteiger partial charge in [0.25, 0.3) is 11.8 Å². The van der Waals surface area contributed by atoms with E-state index in [1.807, 2.05) is 38.1 Å². The van der Waals surface area contributed by atoms with E-state index in [4.69, 9.17) is 4.74 Å². The van der Waals surface area contributed by atoms with Crippen molar-refractivity contribution in [2.75, 3.05) is 17.2 Å². The molecule has 0 radical (unpaired) electrons. The summed E-state index contributed by atoms with van der Waals surface area (Å²) in [5, 5.41) is 14.8. The van der Waals surface area contributed by atoms with E-state index in [0.717, 1.165) is 16.8 Å². The highest BCUT2D eigenvalue weighted by molar-refractivity contribution is 6.09. The molecule has 7 heteroatoms. The molecule has 0 bridgehead atoms. The van der Waals surface area contributed by atoms with Crippen LogP contribution >= 0.6 is 0 Å². The minimum Gasteiger partial charge on any atom is -0.484 e. The van der Waals surface area contributed by atoms with Gasteiger partial charge < -0.3 is 15.4 Å². The van der Waals surface area contributed by atoms with Gasteiger partial charge in [-0.15, -0.1) is 0 Å². The predicted molar refractivity (Wildman–Crippen MR) is 125 cm³/mol. The number of amides is 2. The topological polar surface area (TPSA) is 91.2 Å². The van der Waals surface area contributed by atoms with Crippen LogP contribution in [0.5, 0.6) is 5.75 Å². The summed E-state index contributed by atoms with van der Waals surface area (Å²) in [5.74, 6) is -0.941. The maximum atomic E-state index is 13.0. The Balaban J connectivity index is 1.64. The molecule has 0 spiro atoms. The summed E-state index contributed by atoms with van der Waals surface area (Å²) < 4.78 is 18.6. The average Bonchev–Trinajstić information content (AvgIpc) is 2.80. The lowest BCUT2D eigenvalue weighted by Gasteiger charge is -2.11. The summed E-state index contributed by atoms with van der Waals surface area (Å²) >= 11 is 0. The minimum absolute atomic E-state index is 0.135. The fraction of sp³-hybridized carbons (Fsp3) is 0.115. The zero-order valence-electron chi connectivity index (χ0n) is 18.2. The molecule has 0 saturated carbocycles. The van der Waals surface area contributed by atoms with E-state index in [-0.39, 0.29) is 18.1 Å². The van der Waals surface area contributed by atoms with E-state index in [2.05, 4.69) is 10.6 Å². The smallest absolute Gasteiger partial charge is 0.266 e. The van der Waals surface area contributed by atoms with Gasteiger partial charge in [-0.3, -0.25) is 9.59 Å². The van der Waals surface area contributed by atoms with Crippen LogP contribution in [0, 0.1) is 31.0 Å². The van der Waals surface area contributed by atoms with Crippen LogP contribution in [-0.2, 0) is 9.59 Å². The SMILES string of the molecule is Cc1ccc(C)c(NC(=O)COc2cccc(/C=C(\C#N)C(=O)Nc3ccc(F)cc3)c2)c1. The maximum Gasteiger partial charge on any atom is 0.266 e. The van der Waals surface area contributed by atoms with Gasteiger partial charge in [0, 0.05) is 11.4 Å². The number of carbonyl (C=O) groups is 2. The summed E-state index contributed by atoms with van der Waals surface area (Å²) in [6, 6.07) is 19.6. The van der Waals surface area contributed by atoms with Gasteiger partial charge in [-0.1, -0.05) is 24.3 Å². The lowest BCUT2D eigenvalue weighted by atomic mass is 10.1. The second-order valence-electron chi connectivity index (χ2n) is 7.36. The van der Waals surface area contributed by atoms with Crippen molar-refractivity contribution in [3.05, 3.63) is 94.8 Å². The molecule has 3 aromatic rings. The Labute approximate surface area is 191 Å². The zero-order valence-corrected chi connectivity index (χ0v) is 18.2. The first-order chi connectivity index (χ1) is 15.8. The van der Waals surface area contributed by atoms with Gasteiger partial charge in [-0.05, 0) is 79.1 Å². The molecule has 0 heterocycles. The molecule has 0 unspecified atom stereocenters. The molecule has 0 aliphatic heterocycles. The molecule has 6 nitrogen and oxygen atoms in total. The molecule has 2 N–H and O–H groups in total. The number of aryl methyl sites for hydroxylation is 2. The van der Waals surface area contributed by atoms with E-state index in [1.54, 1.807) is 24.3 Å². The number of ether oxygens (including phenoxy) is 1. The van der Waals surface area contributed by atoms with Crippen molar-refractivity contribution in [1.82, 2.24) is 0 Å². The maximum absolute atomic E-state index is 13.0. The first kappa shape index (κ1) is 23.2. The Morgan fingerprint density at radius 1 is 1.03 bits per heavy atom. The Morgan fingerprint density at radius 3 is 2.52 bits per heavy atom. The van der Waals surface area contributed by atoms with Crippen molar-refractivity contribution in [3.63, 3.8) is 0 Å². The van der Waals surface area contributed by atoms with Crippen molar-refractivity contribution in [1.29, 1.82) is 5.26 Å². The first-order valence-electron chi connectivity index (χ1n) is 10.1. The lowest BCUT2D eigenvalue weighted by molar-refractivity contribution is -0.118. The van der Waals surface area contributed by atoms with Crippen LogP contribution in [0.3, 0.4) is 0 Å². The van der Waals surface area contributed by atoms with Gasteiger partial charge in [0.1, 0.15) is 23.2 Å². The van der Waals surface area contributed by atoms with Gasteiger partial charge in [-0.2, -0.15) is 5.26 Å². The Bertz CT molecular complexity index is 1240. The van der Waals surface area contributed by atoms with Crippen LogP contribution in [0.4, 0.5) is 15.8 Å². The summed E-state index contributed by atoms with van der Waals surface area (Å²) in [6.45, 7) is 3.65. The van der Waals surface area contributed by atoms with Gasteiger partial charge in [0.05, 0.1) is 0 Å². The van der Waals surface area contributed by atoms with Gasteiger partial charge in [-0.25, -0.2) is 4.39 Å². The van der Waals surface area contributed by atoms with Crippen molar-refractivity contribution in [3.8, 4) is 11.8 Å². The van der Waals surface area contributed by atoms with E-state index >= 15 is 0 Å². The molecular formula is C26H22FN3O3. The van der Waals surface area contributed by atoms with Crippen molar-refractivity contribution < 1.29 is 18.7 Å². The zero-order chi connectivity index (χ0) is 23.8. The van der Waals surface area contributed by atoms with Crippen LogP contribution in [0.2, 0.25) is 0 Å². The van der Waals surface area contributed by atoms with Crippen LogP contribution in [-0.4, -0.2) is 18.4 Å². The first-order valence-corrected chi connectivity index (χ1v) is 10.1. The number of carbonyl (C=O) groups excluding carboxylic acids is 2. The third kappa shape index (κ3) is 6.77. The fourth-order valence-corrected chi connectivity index (χ4v) is 2.95. The van der Waals surface area contributed by atoms with E-state index < -0.39 is 11.7 Å². The molecule has 3 rings (SSSR count). The fourth-order valence-electron chi connectivity index (χ4n) is 2.95. The number of anilines is 2. The lowest BCUT2D eigenvalue weighted by Crippen LogP contribution is -2.20. The number of nitriles is 1. The highest BCUT2D eigenvalue weighted by atomic mass is 19.1. The number of benzene rings is 3. The molecule has 0 atom stereocenters. The summed E-state index contributed by atoms with van der Waals surface area (Å²) in [7, 11) is 0. The standard InChI is InChI=1S/C26H22FN3O3/c1-17-6-7-18(2)24(12-17)30-25(31)16-33-23-5-3-4-19(14-23)13-20(15-28)26(32)29-22-10-8-21(27)9-11-22/h3-14H,16H2,1-2H3,(H,29,32)(H,30,31)/b20-13+. The average molecular weight is 443 g/mol. The second kappa shape index (κ2) is 10.7. The number of rotatable bonds is 7. The molecule has 0 aromatic heterocycles. The van der Waals surface area contributed by atoms with E-state index in [0.29, 0.717) is 17.0 Å². The number of halogens is 1. The monoisotopic (exact) mass is 443 g/mol. The number of nitrogens with zero attached hydrogens (tertiary/aromatic N) is 1. The van der Waals surface area contributed by atoms with E-state index in [1.165, 1.54) is 30.3 Å². The minimum atomic E-state index is -0.622. The summed E-state index contributed by atoms with van der Waals surface area (Å²) in [5.41, 5.74) is 3.50. The highest BCUT2D eigenvalue weighted by Crippen LogP contribution is 2.19. The number of nitrogens with one attached hydrogen (secondary N) is 2. The van der Waals surface area contributed by atoms with Crippen LogP contribution in [0.15, 0.2) is 72.3 Å². The third-order valence-corrected chi connectivity index (χ3v) is 4.67. The predicted octanol–water partition coefficient (Wildman–Crippen LogP) is 5.01. The van der Waals surface area contributed by atoms with Crippen LogP contribution in [0.25, 0.3) is 6.08 Å². The molecule has 33 heavy (non-hydrogen) atoms. The summed E-state index contributed by atoms with van der Waals surface area (Å²) in [4.78, 5) is 24.7. The highest BCUT2D eigenvalue weighted by Gasteiger charge is 2.11. The largest absolute Gasteiger partial charge is 0.484 e.